The Morgan fingerprint density at radius 2 is 1.46 bits per heavy atom. The van der Waals surface area contributed by atoms with Crippen molar-refractivity contribution in [1.82, 2.24) is 0 Å². The van der Waals surface area contributed by atoms with Gasteiger partial charge in [-0.15, -0.1) is 0 Å². The van der Waals surface area contributed by atoms with Gasteiger partial charge in [0.25, 0.3) is 0 Å². The van der Waals surface area contributed by atoms with Gasteiger partial charge in [0.05, 0.1) is 12.5 Å². The minimum absolute atomic E-state index is 0.143. The Bertz CT molecular complexity index is 844. The van der Waals surface area contributed by atoms with Crippen LogP contribution < -0.4 is 4.90 Å². The number of aliphatic hydroxyl groups is 1. The van der Waals surface area contributed by atoms with Crippen molar-refractivity contribution in [2.45, 2.75) is 13.8 Å². The van der Waals surface area contributed by atoms with E-state index in [1.165, 1.54) is 17.7 Å². The van der Waals surface area contributed by atoms with Gasteiger partial charge in [-0.1, -0.05) is 54.4 Å². The molecule has 3 aromatic rings. The number of para-hydroxylation sites is 1. The van der Waals surface area contributed by atoms with Crippen LogP contribution in [0.4, 0.5) is 11.4 Å². The number of benzene rings is 3. The molecule has 5 heteroatoms. The van der Waals surface area contributed by atoms with E-state index in [0.29, 0.717) is 5.69 Å². The average Bonchev–Trinajstić information content (AvgIpc) is 2.72. The summed E-state index contributed by atoms with van der Waals surface area (Å²) in [6, 6.07) is 23.4. The van der Waals surface area contributed by atoms with E-state index in [-0.39, 0.29) is 18.3 Å². The van der Waals surface area contributed by atoms with Crippen molar-refractivity contribution in [1.29, 1.82) is 0 Å². The maximum Gasteiger partial charge on any atom is 0.236 e. The standard InChI is InChI=1S/C16H17NO3.C7H7Cl/c1-12(11-18)16(20)17(13-5-3-2-4-6-13)14-7-9-15(19)10-8-14;1-6-2-4-7(8)5-3-6/h2-10,12,18-19H,11H2,1H3;2-5H,1H3. The highest BCUT2D eigenvalue weighted by Crippen LogP contribution is 2.28. The summed E-state index contributed by atoms with van der Waals surface area (Å²) in [6.45, 7) is 3.51. The molecular weight excluding hydrogens is 374 g/mol. The van der Waals surface area contributed by atoms with Crippen molar-refractivity contribution in [3.8, 4) is 5.75 Å². The van der Waals surface area contributed by atoms with Crippen LogP contribution in [0.5, 0.6) is 5.75 Å². The van der Waals surface area contributed by atoms with E-state index in [1.807, 2.05) is 61.5 Å². The molecule has 0 fully saturated rings. The number of aliphatic hydroxyl groups excluding tert-OH is 1. The summed E-state index contributed by atoms with van der Waals surface area (Å²) in [5, 5.41) is 19.4. The molecule has 1 atom stereocenters. The number of amides is 1. The fourth-order valence-electron chi connectivity index (χ4n) is 2.41. The Kier molecular flexibility index (Phi) is 8.05. The van der Waals surface area contributed by atoms with Crippen molar-refractivity contribution in [2.75, 3.05) is 11.5 Å². The van der Waals surface area contributed by atoms with Crippen LogP contribution >= 0.6 is 11.6 Å². The monoisotopic (exact) mass is 397 g/mol. The van der Waals surface area contributed by atoms with Crippen molar-refractivity contribution in [2.24, 2.45) is 5.92 Å². The van der Waals surface area contributed by atoms with E-state index in [2.05, 4.69) is 0 Å². The van der Waals surface area contributed by atoms with E-state index in [4.69, 9.17) is 11.6 Å². The molecule has 0 aliphatic heterocycles. The molecular formula is C23H24ClNO3. The topological polar surface area (TPSA) is 60.8 Å². The summed E-state index contributed by atoms with van der Waals surface area (Å²) in [4.78, 5) is 14.0. The molecule has 2 N–H and O–H groups in total. The van der Waals surface area contributed by atoms with Gasteiger partial charge in [0.15, 0.2) is 0 Å². The number of nitrogens with zero attached hydrogens (tertiary/aromatic N) is 1. The molecule has 3 aromatic carbocycles. The molecule has 3 rings (SSSR count). The maximum atomic E-state index is 12.5. The largest absolute Gasteiger partial charge is 0.508 e. The number of aromatic hydroxyl groups is 1. The van der Waals surface area contributed by atoms with Gasteiger partial charge < -0.3 is 10.2 Å². The van der Waals surface area contributed by atoms with Crippen LogP contribution in [-0.4, -0.2) is 22.7 Å². The number of phenols is 1. The number of halogens is 1. The van der Waals surface area contributed by atoms with Gasteiger partial charge >= 0.3 is 0 Å². The first kappa shape index (κ1) is 21.5. The smallest absolute Gasteiger partial charge is 0.236 e. The molecule has 0 aliphatic rings. The molecule has 4 nitrogen and oxygen atoms in total. The molecule has 0 saturated carbocycles. The molecule has 1 amide bonds. The van der Waals surface area contributed by atoms with Gasteiger partial charge in [-0.3, -0.25) is 9.69 Å². The fraction of sp³-hybridized carbons (Fsp3) is 0.174. The number of anilines is 2. The quantitative estimate of drug-likeness (QED) is 0.625. The maximum absolute atomic E-state index is 12.5. The predicted octanol–water partition coefficient (Wildman–Crippen LogP) is 5.33. The summed E-state index contributed by atoms with van der Waals surface area (Å²) in [7, 11) is 0. The molecule has 28 heavy (non-hydrogen) atoms. The van der Waals surface area contributed by atoms with E-state index in [1.54, 1.807) is 24.0 Å². The number of hydrogen-bond donors (Lipinski definition) is 2. The highest BCUT2D eigenvalue weighted by atomic mass is 35.5. The molecule has 1 unspecified atom stereocenters. The van der Waals surface area contributed by atoms with E-state index >= 15 is 0 Å². The van der Waals surface area contributed by atoms with Crippen molar-refractivity contribution in [3.63, 3.8) is 0 Å². The summed E-state index contributed by atoms with van der Waals surface area (Å²) < 4.78 is 0. The highest BCUT2D eigenvalue weighted by molar-refractivity contribution is 6.30. The Labute approximate surface area is 170 Å². The first-order chi connectivity index (χ1) is 13.4. The van der Waals surface area contributed by atoms with E-state index in [9.17, 15) is 15.0 Å². The number of aryl methyl sites for hydroxylation is 1. The molecule has 0 heterocycles. The minimum atomic E-state index is -0.496. The van der Waals surface area contributed by atoms with Gasteiger partial charge in [-0.2, -0.15) is 0 Å². The summed E-state index contributed by atoms with van der Waals surface area (Å²) in [5.74, 6) is -0.544. The molecule has 0 radical (unpaired) electrons. The fourth-order valence-corrected chi connectivity index (χ4v) is 2.54. The third-order valence-corrected chi connectivity index (χ3v) is 4.30. The lowest BCUT2D eigenvalue weighted by molar-refractivity contribution is -0.122. The van der Waals surface area contributed by atoms with Crippen LogP contribution in [0, 0.1) is 12.8 Å². The Morgan fingerprint density at radius 3 is 1.96 bits per heavy atom. The average molecular weight is 398 g/mol. The van der Waals surface area contributed by atoms with Crippen molar-refractivity contribution < 1.29 is 15.0 Å². The number of phenolic OH excluding ortho intramolecular Hbond substituents is 1. The number of rotatable bonds is 4. The normalized spacial score (nSPS) is 11.1. The van der Waals surface area contributed by atoms with Crippen LogP contribution in [0.1, 0.15) is 12.5 Å². The highest BCUT2D eigenvalue weighted by Gasteiger charge is 2.22. The van der Waals surface area contributed by atoms with Crippen LogP contribution in [0.3, 0.4) is 0 Å². The first-order valence-electron chi connectivity index (χ1n) is 8.93. The second-order valence-electron chi connectivity index (χ2n) is 6.40. The summed E-state index contributed by atoms with van der Waals surface area (Å²) in [5.41, 5.74) is 2.62. The lowest BCUT2D eigenvalue weighted by Crippen LogP contribution is -2.32. The van der Waals surface area contributed by atoms with Crippen LogP contribution in [0.15, 0.2) is 78.9 Å². The minimum Gasteiger partial charge on any atom is -0.508 e. The Morgan fingerprint density at radius 1 is 0.929 bits per heavy atom. The van der Waals surface area contributed by atoms with Gasteiger partial charge in [-0.25, -0.2) is 0 Å². The number of carbonyl (C=O) groups is 1. The SMILES string of the molecule is CC(CO)C(=O)N(c1ccccc1)c1ccc(O)cc1.Cc1ccc(Cl)cc1. The molecule has 0 bridgehead atoms. The molecule has 0 saturated heterocycles. The Balaban J connectivity index is 0.000000292. The third-order valence-electron chi connectivity index (χ3n) is 4.05. The van der Waals surface area contributed by atoms with Crippen LogP contribution in [0.25, 0.3) is 0 Å². The van der Waals surface area contributed by atoms with Gasteiger partial charge in [0, 0.05) is 16.4 Å². The van der Waals surface area contributed by atoms with E-state index < -0.39 is 5.92 Å². The van der Waals surface area contributed by atoms with Gasteiger partial charge in [0.1, 0.15) is 5.75 Å². The van der Waals surface area contributed by atoms with Gasteiger partial charge in [0.2, 0.25) is 5.91 Å². The zero-order valence-corrected chi connectivity index (χ0v) is 16.7. The molecule has 0 aliphatic carbocycles. The van der Waals surface area contributed by atoms with Crippen molar-refractivity contribution >= 4 is 28.9 Å². The lowest BCUT2D eigenvalue weighted by atomic mass is 10.1. The van der Waals surface area contributed by atoms with Gasteiger partial charge in [-0.05, 0) is 55.5 Å². The number of hydrogen-bond acceptors (Lipinski definition) is 3. The lowest BCUT2D eigenvalue weighted by Gasteiger charge is -2.25. The summed E-state index contributed by atoms with van der Waals surface area (Å²) in [6.07, 6.45) is 0. The van der Waals surface area contributed by atoms with Crippen LogP contribution in [-0.2, 0) is 4.79 Å². The third kappa shape index (κ3) is 6.12. The zero-order valence-electron chi connectivity index (χ0n) is 15.9. The second-order valence-corrected chi connectivity index (χ2v) is 6.84. The molecule has 146 valence electrons. The number of carbonyl (C=O) groups excluding carboxylic acids is 1. The predicted molar refractivity (Wildman–Crippen MR) is 114 cm³/mol. The zero-order chi connectivity index (χ0) is 20.5. The molecule has 0 spiro atoms. The van der Waals surface area contributed by atoms with Crippen molar-refractivity contribution in [3.05, 3.63) is 89.4 Å². The Hall–Kier alpha value is -2.82. The second kappa shape index (κ2) is 10.5. The first-order valence-corrected chi connectivity index (χ1v) is 9.31. The van der Waals surface area contributed by atoms with E-state index in [0.717, 1.165) is 10.7 Å². The summed E-state index contributed by atoms with van der Waals surface area (Å²) >= 11 is 5.61. The molecule has 0 aromatic heterocycles. The van der Waals surface area contributed by atoms with Crippen LogP contribution in [0.2, 0.25) is 5.02 Å².